The van der Waals surface area contributed by atoms with E-state index in [-0.39, 0.29) is 5.41 Å². The molecule has 1 N–H and O–H groups in total. The third-order valence-electron chi connectivity index (χ3n) is 4.13. The number of aromatic nitrogens is 2. The van der Waals surface area contributed by atoms with E-state index in [1.54, 1.807) is 6.20 Å². The first kappa shape index (κ1) is 11.2. The first-order valence-corrected chi connectivity index (χ1v) is 6.77. The second kappa shape index (κ2) is 3.94. The largest absolute Gasteiger partial charge is 0.359 e. The van der Waals surface area contributed by atoms with Crippen LogP contribution in [-0.2, 0) is 5.41 Å². The molecule has 0 unspecified atom stereocenters. The number of H-pyrrole nitrogens is 1. The zero-order valence-corrected chi connectivity index (χ0v) is 10.9. The predicted molar refractivity (Wildman–Crippen MR) is 78.1 cm³/mol. The van der Waals surface area contributed by atoms with Gasteiger partial charge in [-0.1, -0.05) is 18.2 Å². The number of rotatable bonds is 2. The molecule has 20 heavy (non-hydrogen) atoms. The molecule has 2 heterocycles. The number of nitrogens with one attached hydrogen (secondary N) is 1. The number of hydrogen-bond acceptors (Lipinski definition) is 2. The van der Waals surface area contributed by atoms with E-state index >= 15 is 0 Å². The van der Waals surface area contributed by atoms with Gasteiger partial charge in [0.15, 0.2) is 0 Å². The maximum Gasteiger partial charge on any atom is 0.0957 e. The van der Waals surface area contributed by atoms with Crippen molar-refractivity contribution < 1.29 is 0 Å². The Bertz CT molecular complexity index is 835. The van der Waals surface area contributed by atoms with E-state index < -0.39 is 0 Å². The Morgan fingerprint density at radius 2 is 2.10 bits per heavy atom. The summed E-state index contributed by atoms with van der Waals surface area (Å²) in [7, 11) is 0. The number of benzene rings is 1. The van der Waals surface area contributed by atoms with Crippen molar-refractivity contribution in [2.24, 2.45) is 0 Å². The van der Waals surface area contributed by atoms with Crippen LogP contribution in [-0.4, -0.2) is 9.97 Å². The molecule has 0 aliphatic heterocycles. The molecule has 0 atom stereocenters. The molecule has 96 valence electrons. The van der Waals surface area contributed by atoms with Gasteiger partial charge in [-0.3, -0.25) is 4.98 Å². The highest BCUT2D eigenvalue weighted by molar-refractivity contribution is 5.92. The minimum atomic E-state index is -0.241. The Labute approximate surface area is 116 Å². The maximum absolute atomic E-state index is 9.33. The zero-order valence-electron chi connectivity index (χ0n) is 10.9. The average Bonchev–Trinajstić information content (AvgIpc) is 3.20. The summed E-state index contributed by atoms with van der Waals surface area (Å²) in [6.07, 6.45) is 5.74. The standard InChI is InChI=1S/C17H13N3/c18-11-17(6-7-17)13-4-1-3-12(9-13)14-10-20-15-5-2-8-19-16(14)15/h1-5,8-10,20H,6-7H2. The van der Waals surface area contributed by atoms with E-state index in [1.807, 2.05) is 24.4 Å². The van der Waals surface area contributed by atoms with Crippen LogP contribution in [0.5, 0.6) is 0 Å². The number of pyridine rings is 1. The van der Waals surface area contributed by atoms with Crippen molar-refractivity contribution in [3.8, 4) is 17.2 Å². The topological polar surface area (TPSA) is 52.5 Å². The Kier molecular flexibility index (Phi) is 2.22. The van der Waals surface area contributed by atoms with Crippen LogP contribution in [0.15, 0.2) is 48.8 Å². The highest BCUT2D eigenvalue weighted by Crippen LogP contribution is 2.48. The summed E-state index contributed by atoms with van der Waals surface area (Å²) in [5.74, 6) is 0. The van der Waals surface area contributed by atoms with Gasteiger partial charge in [-0.25, -0.2) is 0 Å². The summed E-state index contributed by atoms with van der Waals surface area (Å²) in [5, 5.41) is 9.33. The van der Waals surface area contributed by atoms with Crippen molar-refractivity contribution in [3.63, 3.8) is 0 Å². The van der Waals surface area contributed by atoms with Gasteiger partial charge in [-0.05, 0) is 42.2 Å². The molecule has 3 heteroatoms. The van der Waals surface area contributed by atoms with Crippen molar-refractivity contribution in [3.05, 3.63) is 54.4 Å². The van der Waals surface area contributed by atoms with Crippen LogP contribution in [0.3, 0.4) is 0 Å². The molecule has 1 fully saturated rings. The van der Waals surface area contributed by atoms with Crippen LogP contribution in [0.4, 0.5) is 0 Å². The normalized spacial score (nSPS) is 15.9. The number of nitrogens with zero attached hydrogens (tertiary/aromatic N) is 2. The summed E-state index contributed by atoms with van der Waals surface area (Å²) >= 11 is 0. The summed E-state index contributed by atoms with van der Waals surface area (Å²) in [4.78, 5) is 7.70. The number of hydrogen-bond donors (Lipinski definition) is 1. The summed E-state index contributed by atoms with van der Waals surface area (Å²) in [5.41, 5.74) is 5.11. The van der Waals surface area contributed by atoms with Gasteiger partial charge in [-0.2, -0.15) is 5.26 Å². The van der Waals surface area contributed by atoms with Gasteiger partial charge in [0, 0.05) is 18.0 Å². The molecule has 1 aliphatic rings. The van der Waals surface area contributed by atoms with Crippen LogP contribution in [0.25, 0.3) is 22.2 Å². The Hall–Kier alpha value is -2.60. The maximum atomic E-state index is 9.33. The quantitative estimate of drug-likeness (QED) is 0.761. The Balaban J connectivity index is 1.87. The average molecular weight is 259 g/mol. The van der Waals surface area contributed by atoms with Crippen molar-refractivity contribution >= 4 is 11.0 Å². The molecule has 4 rings (SSSR count). The van der Waals surface area contributed by atoms with Crippen LogP contribution in [0.1, 0.15) is 18.4 Å². The molecule has 0 radical (unpaired) electrons. The van der Waals surface area contributed by atoms with E-state index in [2.05, 4.69) is 34.2 Å². The van der Waals surface area contributed by atoms with Gasteiger partial charge >= 0.3 is 0 Å². The Morgan fingerprint density at radius 1 is 1.20 bits per heavy atom. The van der Waals surface area contributed by atoms with E-state index in [4.69, 9.17) is 0 Å². The third-order valence-corrected chi connectivity index (χ3v) is 4.13. The summed E-state index contributed by atoms with van der Waals surface area (Å²) < 4.78 is 0. The molecule has 3 aromatic rings. The SMILES string of the molecule is N#CC1(c2cccc(-c3c[nH]c4cccnc34)c2)CC1. The van der Waals surface area contributed by atoms with Gasteiger partial charge < -0.3 is 4.98 Å². The monoisotopic (exact) mass is 259 g/mol. The molecular formula is C17H13N3. The minimum absolute atomic E-state index is 0.241. The van der Waals surface area contributed by atoms with E-state index in [9.17, 15) is 5.26 Å². The van der Waals surface area contributed by atoms with Crippen LogP contribution >= 0.6 is 0 Å². The molecule has 0 spiro atoms. The molecule has 1 aliphatic carbocycles. The Morgan fingerprint density at radius 3 is 2.90 bits per heavy atom. The zero-order chi connectivity index (χ0) is 13.6. The van der Waals surface area contributed by atoms with Gasteiger partial charge in [0.2, 0.25) is 0 Å². The molecule has 2 aromatic heterocycles. The molecule has 0 amide bonds. The van der Waals surface area contributed by atoms with Crippen molar-refractivity contribution in [1.82, 2.24) is 9.97 Å². The smallest absolute Gasteiger partial charge is 0.0957 e. The fraction of sp³-hybridized carbons (Fsp3) is 0.176. The highest BCUT2D eigenvalue weighted by atomic mass is 14.8. The van der Waals surface area contributed by atoms with Crippen LogP contribution in [0.2, 0.25) is 0 Å². The van der Waals surface area contributed by atoms with Crippen LogP contribution in [0, 0.1) is 11.3 Å². The molecule has 3 nitrogen and oxygen atoms in total. The fourth-order valence-electron chi connectivity index (χ4n) is 2.75. The van der Waals surface area contributed by atoms with E-state index in [0.29, 0.717) is 0 Å². The number of aromatic amines is 1. The number of fused-ring (bicyclic) bond motifs is 1. The molecule has 1 aromatic carbocycles. The summed E-state index contributed by atoms with van der Waals surface area (Å²) in [6.45, 7) is 0. The van der Waals surface area contributed by atoms with Crippen molar-refractivity contribution in [2.75, 3.05) is 0 Å². The molecule has 0 bridgehead atoms. The predicted octanol–water partition coefficient (Wildman–Crippen LogP) is 3.79. The third kappa shape index (κ3) is 1.55. The lowest BCUT2D eigenvalue weighted by Gasteiger charge is -2.08. The lowest BCUT2D eigenvalue weighted by atomic mass is 9.94. The van der Waals surface area contributed by atoms with E-state index in [0.717, 1.165) is 40.6 Å². The van der Waals surface area contributed by atoms with Crippen LogP contribution < -0.4 is 0 Å². The van der Waals surface area contributed by atoms with Crippen molar-refractivity contribution in [1.29, 1.82) is 5.26 Å². The molecule has 1 saturated carbocycles. The number of nitriles is 1. The first-order valence-electron chi connectivity index (χ1n) is 6.77. The second-order valence-electron chi connectivity index (χ2n) is 5.38. The minimum Gasteiger partial charge on any atom is -0.359 e. The van der Waals surface area contributed by atoms with Gasteiger partial charge in [0.25, 0.3) is 0 Å². The second-order valence-corrected chi connectivity index (χ2v) is 5.38. The van der Waals surface area contributed by atoms with Crippen molar-refractivity contribution in [2.45, 2.75) is 18.3 Å². The molecule has 0 saturated heterocycles. The highest BCUT2D eigenvalue weighted by Gasteiger charge is 2.44. The molecular weight excluding hydrogens is 246 g/mol. The van der Waals surface area contributed by atoms with Gasteiger partial charge in [0.1, 0.15) is 0 Å². The van der Waals surface area contributed by atoms with E-state index in [1.165, 1.54) is 0 Å². The van der Waals surface area contributed by atoms with Gasteiger partial charge in [0.05, 0.1) is 22.5 Å². The lowest BCUT2D eigenvalue weighted by Crippen LogP contribution is -2.02. The fourth-order valence-corrected chi connectivity index (χ4v) is 2.75. The lowest BCUT2D eigenvalue weighted by molar-refractivity contribution is 0.909. The van der Waals surface area contributed by atoms with Gasteiger partial charge in [-0.15, -0.1) is 0 Å². The first-order chi connectivity index (χ1) is 9.82. The summed E-state index contributed by atoms with van der Waals surface area (Å²) in [6, 6.07) is 14.7.